The molecule has 124 valence electrons. The summed E-state index contributed by atoms with van der Waals surface area (Å²) >= 11 is 0. The molecule has 0 fully saturated rings. The van der Waals surface area contributed by atoms with Crippen molar-refractivity contribution in [1.29, 1.82) is 0 Å². The molecular weight excluding hydrogens is 314 g/mol. The Morgan fingerprint density at radius 3 is 2.92 bits per heavy atom. The molecule has 0 aromatic carbocycles. The number of carbonyl (C=O) groups is 2. The first-order chi connectivity index (χ1) is 11.6. The number of methoxy groups -OCH3 is 1. The number of rotatable bonds is 5. The van der Waals surface area contributed by atoms with Crippen molar-refractivity contribution in [3.05, 3.63) is 35.7 Å². The Morgan fingerprint density at radius 1 is 1.38 bits per heavy atom. The van der Waals surface area contributed by atoms with Crippen LogP contribution in [0.5, 0.6) is 0 Å². The van der Waals surface area contributed by atoms with E-state index in [9.17, 15) is 9.59 Å². The molecule has 8 heteroatoms. The molecule has 0 saturated heterocycles. The van der Waals surface area contributed by atoms with Crippen LogP contribution in [0.1, 0.15) is 22.5 Å². The number of furan rings is 1. The zero-order chi connectivity index (χ0) is 17.1. The molecule has 0 saturated carbocycles. The van der Waals surface area contributed by atoms with Gasteiger partial charge in [-0.2, -0.15) is 0 Å². The highest BCUT2D eigenvalue weighted by Gasteiger charge is 2.20. The number of pyridine rings is 1. The third-order valence-corrected chi connectivity index (χ3v) is 3.48. The number of esters is 1. The van der Waals surface area contributed by atoms with Crippen LogP contribution in [-0.2, 0) is 9.53 Å². The highest BCUT2D eigenvalue weighted by atomic mass is 16.5. The van der Waals surface area contributed by atoms with Crippen LogP contribution in [0.25, 0.3) is 22.6 Å². The monoisotopic (exact) mass is 329 g/mol. The summed E-state index contributed by atoms with van der Waals surface area (Å²) in [5.41, 5.74) is 1.62. The highest BCUT2D eigenvalue weighted by Crippen LogP contribution is 2.27. The number of nitrogens with zero attached hydrogens (tertiary/aromatic N) is 2. The van der Waals surface area contributed by atoms with Gasteiger partial charge in [-0.3, -0.25) is 9.59 Å². The summed E-state index contributed by atoms with van der Waals surface area (Å²) < 4.78 is 15.0. The van der Waals surface area contributed by atoms with E-state index < -0.39 is 5.97 Å². The van der Waals surface area contributed by atoms with Gasteiger partial charge in [0.1, 0.15) is 5.69 Å². The quantitative estimate of drug-likeness (QED) is 0.714. The molecule has 0 atom stereocenters. The lowest BCUT2D eigenvalue weighted by Gasteiger charge is -2.07. The van der Waals surface area contributed by atoms with Gasteiger partial charge in [0.2, 0.25) is 0 Å². The molecule has 0 aliphatic rings. The van der Waals surface area contributed by atoms with Crippen LogP contribution in [-0.4, -0.2) is 35.7 Å². The minimum atomic E-state index is -0.396. The second-order valence-corrected chi connectivity index (χ2v) is 5.06. The molecule has 0 aliphatic heterocycles. The van der Waals surface area contributed by atoms with Crippen molar-refractivity contribution in [1.82, 2.24) is 15.5 Å². The first-order valence-electron chi connectivity index (χ1n) is 7.26. The topological polar surface area (TPSA) is 107 Å². The molecule has 3 aromatic rings. The predicted octanol–water partition coefficient (Wildman–Crippen LogP) is 2.08. The lowest BCUT2D eigenvalue weighted by molar-refractivity contribution is -0.140. The summed E-state index contributed by atoms with van der Waals surface area (Å²) in [5.74, 6) is -0.243. The lowest BCUT2D eigenvalue weighted by atomic mass is 10.1. The van der Waals surface area contributed by atoms with E-state index in [0.29, 0.717) is 28.1 Å². The molecule has 0 spiro atoms. The van der Waals surface area contributed by atoms with Crippen LogP contribution < -0.4 is 5.32 Å². The summed E-state index contributed by atoms with van der Waals surface area (Å²) in [4.78, 5) is 28.0. The summed E-state index contributed by atoms with van der Waals surface area (Å²) in [5, 5.41) is 7.07. The molecule has 0 bridgehead atoms. The molecule has 3 heterocycles. The van der Waals surface area contributed by atoms with E-state index in [1.165, 1.54) is 13.4 Å². The molecule has 3 rings (SSSR count). The molecule has 0 radical (unpaired) electrons. The van der Waals surface area contributed by atoms with E-state index in [4.69, 9.17) is 8.94 Å². The number of aryl methyl sites for hydroxylation is 1. The van der Waals surface area contributed by atoms with Crippen LogP contribution in [0.3, 0.4) is 0 Å². The van der Waals surface area contributed by atoms with Crippen molar-refractivity contribution >= 4 is 23.0 Å². The molecule has 0 unspecified atom stereocenters. The maximum absolute atomic E-state index is 12.5. The average molecular weight is 329 g/mol. The first-order valence-corrected chi connectivity index (χ1v) is 7.26. The van der Waals surface area contributed by atoms with Gasteiger partial charge in [-0.25, -0.2) is 4.98 Å². The summed E-state index contributed by atoms with van der Waals surface area (Å²) in [7, 11) is 1.30. The van der Waals surface area contributed by atoms with Crippen LogP contribution in [0.2, 0.25) is 0 Å². The fourth-order valence-corrected chi connectivity index (χ4v) is 2.30. The van der Waals surface area contributed by atoms with Crippen molar-refractivity contribution in [2.75, 3.05) is 13.7 Å². The summed E-state index contributed by atoms with van der Waals surface area (Å²) in [6, 6.07) is 5.07. The molecule has 1 amide bonds. The Morgan fingerprint density at radius 2 is 2.21 bits per heavy atom. The van der Waals surface area contributed by atoms with E-state index in [-0.39, 0.29) is 24.6 Å². The molecule has 8 nitrogen and oxygen atoms in total. The third kappa shape index (κ3) is 2.98. The van der Waals surface area contributed by atoms with Gasteiger partial charge in [-0.15, -0.1) is 0 Å². The van der Waals surface area contributed by atoms with Crippen molar-refractivity contribution in [2.45, 2.75) is 13.3 Å². The van der Waals surface area contributed by atoms with Crippen LogP contribution in [0.15, 0.2) is 33.4 Å². The van der Waals surface area contributed by atoms with Crippen molar-refractivity contribution in [3.8, 4) is 11.5 Å². The molecule has 24 heavy (non-hydrogen) atoms. The zero-order valence-electron chi connectivity index (χ0n) is 13.2. The fourth-order valence-electron chi connectivity index (χ4n) is 2.30. The zero-order valence-corrected chi connectivity index (χ0v) is 13.2. The van der Waals surface area contributed by atoms with E-state index in [0.717, 1.165) is 0 Å². The standard InChI is InChI=1S/C16H15N3O5/c1-9-14-10(15(21)17-6-5-13(20)22-2)8-11(12-4-3-7-23-12)18-16(14)24-19-9/h3-4,7-8H,5-6H2,1-2H3,(H,17,21). The Labute approximate surface area is 136 Å². The lowest BCUT2D eigenvalue weighted by Crippen LogP contribution is -2.26. The normalized spacial score (nSPS) is 10.8. The second kappa shape index (κ2) is 6.53. The fraction of sp³-hybridized carbons (Fsp3) is 0.250. The third-order valence-electron chi connectivity index (χ3n) is 3.48. The van der Waals surface area contributed by atoms with Crippen LogP contribution in [0, 0.1) is 6.92 Å². The van der Waals surface area contributed by atoms with Gasteiger partial charge in [-0.05, 0) is 25.1 Å². The van der Waals surface area contributed by atoms with Gasteiger partial charge in [0, 0.05) is 6.54 Å². The number of amides is 1. The highest BCUT2D eigenvalue weighted by molar-refractivity contribution is 6.06. The Balaban J connectivity index is 1.94. The molecule has 0 aliphatic carbocycles. The number of carbonyl (C=O) groups excluding carboxylic acids is 2. The van der Waals surface area contributed by atoms with Gasteiger partial charge >= 0.3 is 5.97 Å². The Hall–Kier alpha value is -3.16. The van der Waals surface area contributed by atoms with Crippen molar-refractivity contribution in [3.63, 3.8) is 0 Å². The number of nitrogens with one attached hydrogen (secondary N) is 1. The van der Waals surface area contributed by atoms with Gasteiger partial charge in [-0.1, -0.05) is 5.16 Å². The number of hydrogen-bond acceptors (Lipinski definition) is 7. The smallest absolute Gasteiger partial charge is 0.307 e. The number of hydrogen-bond donors (Lipinski definition) is 1. The SMILES string of the molecule is COC(=O)CCNC(=O)c1cc(-c2ccco2)nc2onc(C)c12. The van der Waals surface area contributed by atoms with E-state index in [1.54, 1.807) is 25.1 Å². The molecular formula is C16H15N3O5. The predicted molar refractivity (Wildman–Crippen MR) is 83.2 cm³/mol. The summed E-state index contributed by atoms with van der Waals surface area (Å²) in [6.45, 7) is 1.89. The maximum atomic E-state index is 12.5. The van der Waals surface area contributed by atoms with E-state index in [2.05, 4.69) is 20.2 Å². The maximum Gasteiger partial charge on any atom is 0.307 e. The minimum Gasteiger partial charge on any atom is -0.469 e. The minimum absolute atomic E-state index is 0.0874. The first kappa shape index (κ1) is 15.7. The van der Waals surface area contributed by atoms with Gasteiger partial charge in [0.25, 0.3) is 11.6 Å². The Kier molecular flexibility index (Phi) is 4.28. The van der Waals surface area contributed by atoms with Gasteiger partial charge in [0.05, 0.1) is 36.4 Å². The second-order valence-electron chi connectivity index (χ2n) is 5.06. The number of ether oxygens (including phenoxy) is 1. The van der Waals surface area contributed by atoms with Gasteiger partial charge < -0.3 is 19.0 Å². The Bertz CT molecular complexity index is 883. The number of fused-ring (bicyclic) bond motifs is 1. The van der Waals surface area contributed by atoms with Crippen LogP contribution in [0.4, 0.5) is 0 Å². The van der Waals surface area contributed by atoms with Gasteiger partial charge in [0.15, 0.2) is 5.76 Å². The summed E-state index contributed by atoms with van der Waals surface area (Å²) in [6.07, 6.45) is 1.60. The van der Waals surface area contributed by atoms with E-state index in [1.807, 2.05) is 0 Å². The van der Waals surface area contributed by atoms with E-state index >= 15 is 0 Å². The van der Waals surface area contributed by atoms with Crippen molar-refractivity contribution in [2.24, 2.45) is 0 Å². The molecule has 3 aromatic heterocycles. The molecule has 1 N–H and O–H groups in total. The average Bonchev–Trinajstić information content (AvgIpc) is 3.24. The van der Waals surface area contributed by atoms with Crippen LogP contribution >= 0.6 is 0 Å². The van der Waals surface area contributed by atoms with Crippen molar-refractivity contribution < 1.29 is 23.3 Å². The number of aromatic nitrogens is 2. The largest absolute Gasteiger partial charge is 0.469 e.